The first kappa shape index (κ1) is 14.4. The molecule has 0 unspecified atom stereocenters. The largest absolute Gasteiger partial charge is 0.437 e. The summed E-state index contributed by atoms with van der Waals surface area (Å²) >= 11 is 11.7. The molecule has 0 aliphatic carbocycles. The van der Waals surface area contributed by atoms with Crippen LogP contribution in [0.15, 0.2) is 24.3 Å². The van der Waals surface area contributed by atoms with E-state index in [4.69, 9.17) is 33.7 Å². The van der Waals surface area contributed by atoms with E-state index in [1.54, 1.807) is 6.92 Å². The minimum atomic E-state index is -0.468. The standard InChI is InChI=1S/C12H9Cl2N3O3/c1-6-4-7(2-3-10(6)17(18)19)20-12-9(14)5-8(13)11(15)16-12/h2-5H,1H3,(H2,15,16). The summed E-state index contributed by atoms with van der Waals surface area (Å²) in [5.41, 5.74) is 6.04. The molecule has 8 heteroatoms. The number of pyridine rings is 1. The first-order valence-corrected chi connectivity index (χ1v) is 6.18. The zero-order valence-corrected chi connectivity index (χ0v) is 11.8. The van der Waals surface area contributed by atoms with Gasteiger partial charge in [-0.3, -0.25) is 10.1 Å². The average Bonchev–Trinajstić information content (AvgIpc) is 2.35. The molecular weight excluding hydrogens is 305 g/mol. The molecule has 0 atom stereocenters. The van der Waals surface area contributed by atoms with E-state index < -0.39 is 4.92 Å². The average molecular weight is 314 g/mol. The molecule has 0 amide bonds. The number of aryl methyl sites for hydroxylation is 1. The van der Waals surface area contributed by atoms with Crippen molar-refractivity contribution in [3.8, 4) is 11.6 Å². The second-order valence-corrected chi connectivity index (χ2v) is 4.76. The van der Waals surface area contributed by atoms with Crippen LogP contribution in [0.4, 0.5) is 11.5 Å². The molecule has 1 aromatic carbocycles. The van der Waals surface area contributed by atoms with E-state index in [0.717, 1.165) is 0 Å². The quantitative estimate of drug-likeness (QED) is 0.683. The molecule has 6 nitrogen and oxygen atoms in total. The summed E-state index contributed by atoms with van der Waals surface area (Å²) in [5.74, 6) is 0.538. The zero-order chi connectivity index (χ0) is 14.9. The van der Waals surface area contributed by atoms with Crippen molar-refractivity contribution < 1.29 is 9.66 Å². The summed E-state index contributed by atoms with van der Waals surface area (Å²) in [6.45, 7) is 1.61. The van der Waals surface area contributed by atoms with Crippen LogP contribution in [0.25, 0.3) is 0 Å². The van der Waals surface area contributed by atoms with E-state index in [1.165, 1.54) is 24.3 Å². The molecule has 0 aliphatic heterocycles. The summed E-state index contributed by atoms with van der Waals surface area (Å²) in [6.07, 6.45) is 0. The molecule has 2 aromatic rings. The van der Waals surface area contributed by atoms with Gasteiger partial charge in [0.1, 0.15) is 16.6 Å². The van der Waals surface area contributed by atoms with Crippen molar-refractivity contribution in [2.45, 2.75) is 6.92 Å². The number of anilines is 1. The lowest BCUT2D eigenvalue weighted by Crippen LogP contribution is -1.97. The molecule has 0 saturated heterocycles. The smallest absolute Gasteiger partial charge is 0.272 e. The van der Waals surface area contributed by atoms with Crippen LogP contribution >= 0.6 is 23.2 Å². The second kappa shape index (κ2) is 5.52. The molecule has 1 heterocycles. The highest BCUT2D eigenvalue weighted by Crippen LogP contribution is 2.33. The van der Waals surface area contributed by atoms with E-state index in [0.29, 0.717) is 11.3 Å². The number of benzene rings is 1. The fourth-order valence-corrected chi connectivity index (χ4v) is 1.94. The number of nitrogens with two attached hydrogens (primary N) is 1. The van der Waals surface area contributed by atoms with Crippen LogP contribution in [0.2, 0.25) is 10.0 Å². The van der Waals surface area contributed by atoms with Crippen LogP contribution in [0.1, 0.15) is 5.56 Å². The summed E-state index contributed by atoms with van der Waals surface area (Å²) in [7, 11) is 0. The normalized spacial score (nSPS) is 10.3. The van der Waals surface area contributed by atoms with Crippen molar-refractivity contribution in [3.05, 3.63) is 50.0 Å². The van der Waals surface area contributed by atoms with Gasteiger partial charge in [-0.05, 0) is 25.1 Å². The Bertz CT molecular complexity index is 692. The SMILES string of the molecule is Cc1cc(Oc2nc(N)c(Cl)cc2Cl)ccc1[N+](=O)[O-]. The lowest BCUT2D eigenvalue weighted by Gasteiger charge is -2.08. The van der Waals surface area contributed by atoms with Crippen molar-refractivity contribution in [2.75, 3.05) is 5.73 Å². The van der Waals surface area contributed by atoms with Gasteiger partial charge in [-0.25, -0.2) is 0 Å². The van der Waals surface area contributed by atoms with Gasteiger partial charge in [0.25, 0.3) is 5.69 Å². The van der Waals surface area contributed by atoms with Gasteiger partial charge >= 0.3 is 0 Å². The highest BCUT2D eigenvalue weighted by molar-refractivity contribution is 6.36. The number of rotatable bonds is 3. The van der Waals surface area contributed by atoms with Crippen molar-refractivity contribution >= 4 is 34.7 Å². The Balaban J connectivity index is 2.33. The van der Waals surface area contributed by atoms with Crippen LogP contribution < -0.4 is 10.5 Å². The van der Waals surface area contributed by atoms with Gasteiger partial charge in [0.15, 0.2) is 0 Å². The molecule has 20 heavy (non-hydrogen) atoms. The Kier molecular flexibility index (Phi) is 3.96. The number of halogens is 2. The Labute approximate surface area is 124 Å². The van der Waals surface area contributed by atoms with Crippen molar-refractivity contribution in [1.29, 1.82) is 0 Å². The Hall–Kier alpha value is -2.05. The highest BCUT2D eigenvalue weighted by Gasteiger charge is 2.13. The van der Waals surface area contributed by atoms with E-state index in [9.17, 15) is 10.1 Å². The molecule has 0 fully saturated rings. The predicted octanol–water partition coefficient (Wildman–Crippen LogP) is 3.98. The molecule has 1 aromatic heterocycles. The van der Waals surface area contributed by atoms with Crippen molar-refractivity contribution in [2.24, 2.45) is 0 Å². The number of nitro groups is 1. The van der Waals surface area contributed by atoms with E-state index in [1.807, 2.05) is 0 Å². The predicted molar refractivity (Wildman–Crippen MR) is 76.6 cm³/mol. The molecule has 104 valence electrons. The number of nitro benzene ring substituents is 1. The number of aromatic nitrogens is 1. The van der Waals surface area contributed by atoms with Gasteiger partial charge in [-0.15, -0.1) is 0 Å². The Morgan fingerprint density at radius 2 is 2.00 bits per heavy atom. The maximum atomic E-state index is 10.7. The van der Waals surface area contributed by atoms with E-state index >= 15 is 0 Å². The lowest BCUT2D eigenvalue weighted by molar-refractivity contribution is -0.385. The number of ether oxygens (including phenoxy) is 1. The molecule has 0 spiro atoms. The molecule has 0 saturated carbocycles. The van der Waals surface area contributed by atoms with E-state index in [-0.39, 0.29) is 27.4 Å². The van der Waals surface area contributed by atoms with Gasteiger partial charge < -0.3 is 10.5 Å². The van der Waals surface area contributed by atoms with Crippen LogP contribution in [0, 0.1) is 17.0 Å². The summed E-state index contributed by atoms with van der Waals surface area (Å²) in [5, 5.41) is 11.1. The van der Waals surface area contributed by atoms with Crippen LogP contribution in [-0.4, -0.2) is 9.91 Å². The number of hydrogen-bond donors (Lipinski definition) is 1. The maximum Gasteiger partial charge on any atom is 0.272 e. The van der Waals surface area contributed by atoms with Gasteiger partial charge in [0.05, 0.1) is 9.95 Å². The summed E-state index contributed by atoms with van der Waals surface area (Å²) < 4.78 is 5.46. The van der Waals surface area contributed by atoms with Crippen molar-refractivity contribution in [1.82, 2.24) is 4.98 Å². The second-order valence-electron chi connectivity index (χ2n) is 3.95. The monoisotopic (exact) mass is 313 g/mol. The molecule has 2 N–H and O–H groups in total. The summed E-state index contributed by atoms with van der Waals surface area (Å²) in [4.78, 5) is 14.2. The maximum absolute atomic E-state index is 10.7. The molecule has 0 radical (unpaired) electrons. The third kappa shape index (κ3) is 2.92. The van der Waals surface area contributed by atoms with Crippen LogP contribution in [-0.2, 0) is 0 Å². The first-order valence-electron chi connectivity index (χ1n) is 5.43. The van der Waals surface area contributed by atoms with Crippen molar-refractivity contribution in [3.63, 3.8) is 0 Å². The fourth-order valence-electron chi connectivity index (χ4n) is 1.54. The highest BCUT2D eigenvalue weighted by atomic mass is 35.5. The molecule has 2 rings (SSSR count). The summed E-state index contributed by atoms with van der Waals surface area (Å²) in [6, 6.07) is 5.73. The van der Waals surface area contributed by atoms with Gasteiger partial charge in [-0.2, -0.15) is 4.98 Å². The fraction of sp³-hybridized carbons (Fsp3) is 0.0833. The third-order valence-electron chi connectivity index (χ3n) is 2.50. The Morgan fingerprint density at radius 3 is 2.60 bits per heavy atom. The third-order valence-corrected chi connectivity index (χ3v) is 3.08. The van der Waals surface area contributed by atoms with E-state index in [2.05, 4.69) is 4.98 Å². The molecule has 0 bridgehead atoms. The zero-order valence-electron chi connectivity index (χ0n) is 10.3. The molecule has 0 aliphatic rings. The van der Waals surface area contributed by atoms with Crippen LogP contribution in [0.5, 0.6) is 11.6 Å². The number of nitrogen functional groups attached to an aromatic ring is 1. The van der Waals surface area contributed by atoms with Gasteiger partial charge in [-0.1, -0.05) is 23.2 Å². The molecular formula is C12H9Cl2N3O3. The number of hydrogen-bond acceptors (Lipinski definition) is 5. The topological polar surface area (TPSA) is 91.3 Å². The minimum absolute atomic E-state index is 0.00651. The van der Waals surface area contributed by atoms with Gasteiger partial charge in [0.2, 0.25) is 5.88 Å². The Morgan fingerprint density at radius 1 is 1.30 bits per heavy atom. The first-order chi connectivity index (χ1) is 9.38. The minimum Gasteiger partial charge on any atom is -0.437 e. The van der Waals surface area contributed by atoms with Gasteiger partial charge in [0, 0.05) is 11.6 Å². The lowest BCUT2D eigenvalue weighted by atomic mass is 10.2. The van der Waals surface area contributed by atoms with Crippen LogP contribution in [0.3, 0.4) is 0 Å². The number of nitrogens with zero attached hydrogens (tertiary/aromatic N) is 2.